The van der Waals surface area contributed by atoms with E-state index >= 15 is 0 Å². The minimum atomic E-state index is 0.00350. The molecule has 0 aromatic heterocycles. The largest absolute Gasteiger partial charge is 0.311 e. The van der Waals surface area contributed by atoms with Gasteiger partial charge < -0.3 is 10.2 Å². The zero-order valence-electron chi connectivity index (χ0n) is 11.6. The fourth-order valence-electron chi connectivity index (χ4n) is 3.70. The molecule has 0 spiro atoms. The number of likely N-dealkylation sites (tertiary alicyclic amines) is 1. The van der Waals surface area contributed by atoms with Gasteiger partial charge in [0.05, 0.1) is 0 Å². The summed E-state index contributed by atoms with van der Waals surface area (Å²) in [7, 11) is 2.13. The number of carbonyl (C=O) groups excluding carboxylic acids is 2. The maximum absolute atomic E-state index is 11.6. The van der Waals surface area contributed by atoms with Gasteiger partial charge in [0.15, 0.2) is 0 Å². The maximum atomic E-state index is 11.6. The van der Waals surface area contributed by atoms with E-state index in [1.165, 1.54) is 30.6 Å². The summed E-state index contributed by atoms with van der Waals surface area (Å²) in [6, 6.07) is 1.97. The molecule has 3 aliphatic heterocycles. The molecule has 2 atom stereocenters. The summed E-state index contributed by atoms with van der Waals surface area (Å²) >= 11 is 0. The molecule has 3 heterocycles. The molecular weight excluding hydrogens is 242 g/mol. The lowest BCUT2D eigenvalue weighted by Gasteiger charge is -2.36. The molecule has 3 fully saturated rings. The van der Waals surface area contributed by atoms with Gasteiger partial charge in [-0.05, 0) is 32.7 Å². The lowest BCUT2D eigenvalue weighted by molar-refractivity contribution is -0.138. The average molecular weight is 265 g/mol. The first-order valence-corrected chi connectivity index (χ1v) is 7.43. The Labute approximate surface area is 114 Å². The number of hydrogen-bond donors (Lipinski definition) is 1. The van der Waals surface area contributed by atoms with Crippen LogP contribution < -0.4 is 5.32 Å². The maximum Gasteiger partial charge on any atom is 0.229 e. The lowest BCUT2D eigenvalue weighted by Crippen LogP contribution is -2.48. The number of nitrogens with one attached hydrogen (secondary N) is 1. The number of hydrogen-bond acceptors (Lipinski definition) is 4. The molecule has 0 aliphatic carbocycles. The quantitative estimate of drug-likeness (QED) is 0.745. The highest BCUT2D eigenvalue weighted by molar-refractivity contribution is 6.01. The SMILES string of the molecule is CN(CCN1C(=O)CCC1=O)C1CC2CCC(C1)N2. The normalized spacial score (nSPS) is 34.6. The van der Waals surface area contributed by atoms with Crippen LogP contribution in [-0.2, 0) is 9.59 Å². The summed E-state index contributed by atoms with van der Waals surface area (Å²) in [5, 5.41) is 3.64. The van der Waals surface area contributed by atoms with Crippen LogP contribution in [0, 0.1) is 0 Å². The smallest absolute Gasteiger partial charge is 0.229 e. The predicted octanol–water partition coefficient (Wildman–Crippen LogP) is 0.350. The van der Waals surface area contributed by atoms with Gasteiger partial charge in [-0.1, -0.05) is 0 Å². The fraction of sp³-hybridized carbons (Fsp3) is 0.857. The van der Waals surface area contributed by atoms with Crippen molar-refractivity contribution in [3.8, 4) is 0 Å². The van der Waals surface area contributed by atoms with Crippen LogP contribution in [0.15, 0.2) is 0 Å². The summed E-state index contributed by atoms with van der Waals surface area (Å²) in [5.74, 6) is 0.00700. The Bertz CT molecular complexity index is 357. The zero-order valence-corrected chi connectivity index (χ0v) is 11.6. The van der Waals surface area contributed by atoms with Crippen LogP contribution in [0.1, 0.15) is 38.5 Å². The highest BCUT2D eigenvalue weighted by Crippen LogP contribution is 2.29. The molecular formula is C14H23N3O2. The predicted molar refractivity (Wildman–Crippen MR) is 71.6 cm³/mol. The molecule has 2 unspecified atom stereocenters. The molecule has 0 aromatic rings. The second kappa shape index (κ2) is 5.21. The van der Waals surface area contributed by atoms with Crippen LogP contribution in [0.5, 0.6) is 0 Å². The Morgan fingerprint density at radius 3 is 2.32 bits per heavy atom. The summed E-state index contributed by atoms with van der Waals surface area (Å²) < 4.78 is 0. The number of nitrogens with zero attached hydrogens (tertiary/aromatic N) is 2. The van der Waals surface area contributed by atoms with Gasteiger partial charge in [-0.25, -0.2) is 0 Å². The molecule has 0 radical (unpaired) electrons. The third kappa shape index (κ3) is 2.67. The third-order valence-electron chi connectivity index (χ3n) is 4.90. The van der Waals surface area contributed by atoms with Crippen molar-refractivity contribution in [2.75, 3.05) is 20.1 Å². The molecule has 3 rings (SSSR count). The van der Waals surface area contributed by atoms with Crippen molar-refractivity contribution < 1.29 is 9.59 Å². The van der Waals surface area contributed by atoms with Crippen LogP contribution in [0.25, 0.3) is 0 Å². The van der Waals surface area contributed by atoms with E-state index in [1.54, 1.807) is 0 Å². The number of piperidine rings is 1. The Balaban J connectivity index is 1.50. The molecule has 106 valence electrons. The monoisotopic (exact) mass is 265 g/mol. The molecule has 1 N–H and O–H groups in total. The van der Waals surface area contributed by atoms with E-state index in [0.717, 1.165) is 6.54 Å². The molecule has 0 aromatic carbocycles. The van der Waals surface area contributed by atoms with Gasteiger partial charge in [0.1, 0.15) is 0 Å². The lowest BCUT2D eigenvalue weighted by atomic mass is 9.98. The van der Waals surface area contributed by atoms with E-state index in [0.29, 0.717) is 37.5 Å². The van der Waals surface area contributed by atoms with Crippen LogP contribution in [0.2, 0.25) is 0 Å². The number of carbonyl (C=O) groups is 2. The highest BCUT2D eigenvalue weighted by Gasteiger charge is 2.35. The third-order valence-corrected chi connectivity index (χ3v) is 4.90. The van der Waals surface area contributed by atoms with E-state index < -0.39 is 0 Å². The molecule has 3 saturated heterocycles. The van der Waals surface area contributed by atoms with E-state index in [-0.39, 0.29) is 11.8 Å². The molecule has 5 nitrogen and oxygen atoms in total. The Morgan fingerprint density at radius 2 is 1.74 bits per heavy atom. The first-order chi connectivity index (χ1) is 9.13. The van der Waals surface area contributed by atoms with Gasteiger partial charge in [-0.3, -0.25) is 14.5 Å². The minimum absolute atomic E-state index is 0.00350. The first-order valence-electron chi connectivity index (χ1n) is 7.43. The van der Waals surface area contributed by atoms with Gasteiger partial charge in [0.2, 0.25) is 11.8 Å². The molecule has 3 aliphatic rings. The summed E-state index contributed by atoms with van der Waals surface area (Å²) in [4.78, 5) is 26.9. The van der Waals surface area contributed by atoms with Crippen molar-refractivity contribution in [1.29, 1.82) is 0 Å². The second-order valence-electron chi connectivity index (χ2n) is 6.18. The van der Waals surface area contributed by atoms with Crippen LogP contribution in [0.3, 0.4) is 0 Å². The zero-order chi connectivity index (χ0) is 13.4. The number of fused-ring (bicyclic) bond motifs is 2. The van der Waals surface area contributed by atoms with E-state index in [4.69, 9.17) is 0 Å². The van der Waals surface area contributed by atoms with Crippen molar-refractivity contribution in [2.24, 2.45) is 0 Å². The van der Waals surface area contributed by atoms with Gasteiger partial charge in [-0.15, -0.1) is 0 Å². The van der Waals surface area contributed by atoms with Crippen molar-refractivity contribution >= 4 is 11.8 Å². The fourth-order valence-corrected chi connectivity index (χ4v) is 3.70. The number of rotatable bonds is 4. The first kappa shape index (κ1) is 13.1. The van der Waals surface area contributed by atoms with E-state index in [9.17, 15) is 9.59 Å². The number of imide groups is 1. The van der Waals surface area contributed by atoms with Crippen LogP contribution in [0.4, 0.5) is 0 Å². The van der Waals surface area contributed by atoms with Crippen molar-refractivity contribution in [2.45, 2.75) is 56.7 Å². The van der Waals surface area contributed by atoms with Crippen molar-refractivity contribution in [3.05, 3.63) is 0 Å². The van der Waals surface area contributed by atoms with Crippen LogP contribution in [-0.4, -0.2) is 59.9 Å². The number of amides is 2. The van der Waals surface area contributed by atoms with Crippen LogP contribution >= 0.6 is 0 Å². The Hall–Kier alpha value is -0.940. The second-order valence-corrected chi connectivity index (χ2v) is 6.18. The van der Waals surface area contributed by atoms with Gasteiger partial charge in [0.25, 0.3) is 0 Å². The molecule has 19 heavy (non-hydrogen) atoms. The molecule has 2 bridgehead atoms. The van der Waals surface area contributed by atoms with Gasteiger partial charge >= 0.3 is 0 Å². The minimum Gasteiger partial charge on any atom is -0.311 e. The average Bonchev–Trinajstić information content (AvgIpc) is 2.90. The summed E-state index contributed by atoms with van der Waals surface area (Å²) in [5.41, 5.74) is 0. The topological polar surface area (TPSA) is 52.7 Å². The molecule has 0 saturated carbocycles. The molecule has 5 heteroatoms. The Kier molecular flexibility index (Phi) is 3.58. The van der Waals surface area contributed by atoms with E-state index in [2.05, 4.69) is 17.3 Å². The van der Waals surface area contributed by atoms with Gasteiger partial charge in [0, 0.05) is 44.1 Å². The van der Waals surface area contributed by atoms with Crippen molar-refractivity contribution in [3.63, 3.8) is 0 Å². The highest BCUT2D eigenvalue weighted by atomic mass is 16.2. The standard InChI is InChI=1S/C14H23N3O2/c1-16(6-7-17-13(18)4-5-14(17)19)12-8-10-2-3-11(9-12)15-10/h10-12,15H,2-9H2,1H3. The Morgan fingerprint density at radius 1 is 1.16 bits per heavy atom. The van der Waals surface area contributed by atoms with Gasteiger partial charge in [-0.2, -0.15) is 0 Å². The van der Waals surface area contributed by atoms with Crippen molar-refractivity contribution in [1.82, 2.24) is 15.1 Å². The summed E-state index contributed by atoms with van der Waals surface area (Å²) in [6.45, 7) is 1.37. The molecule has 2 amide bonds. The van der Waals surface area contributed by atoms with E-state index in [1.807, 2.05) is 0 Å². The number of likely N-dealkylation sites (N-methyl/N-ethyl adjacent to an activating group) is 1. The summed E-state index contributed by atoms with van der Waals surface area (Å²) in [6.07, 6.45) is 5.82.